The van der Waals surface area contributed by atoms with Gasteiger partial charge in [-0.25, -0.2) is 5.43 Å². The molecule has 2 aromatic rings. The molecule has 0 aliphatic heterocycles. The van der Waals surface area contributed by atoms with E-state index in [1.807, 2.05) is 0 Å². The number of phenols is 1. The first kappa shape index (κ1) is 18.3. The molecule has 25 heavy (non-hydrogen) atoms. The van der Waals surface area contributed by atoms with Gasteiger partial charge in [-0.05, 0) is 30.3 Å². The fraction of sp³-hybridized carbons (Fsp3) is 0.118. The van der Waals surface area contributed by atoms with E-state index < -0.39 is 11.8 Å². The van der Waals surface area contributed by atoms with Crippen LogP contribution in [0.2, 0.25) is 5.02 Å². The molecule has 0 unspecified atom stereocenters. The monoisotopic (exact) mass is 361 g/mol. The number of methoxy groups -OCH3 is 1. The number of carbonyl (C=O) groups excluding carboxylic acids is 2. The first-order valence-electron chi connectivity index (χ1n) is 7.23. The predicted molar refractivity (Wildman–Crippen MR) is 94.2 cm³/mol. The number of aromatic hydroxyl groups is 1. The molecule has 8 heteroatoms. The molecular weight excluding hydrogens is 346 g/mol. The number of hydrazone groups is 1. The summed E-state index contributed by atoms with van der Waals surface area (Å²) in [6.45, 7) is -0.272. The zero-order valence-corrected chi connectivity index (χ0v) is 14.1. The highest BCUT2D eigenvalue weighted by molar-refractivity contribution is 6.33. The summed E-state index contributed by atoms with van der Waals surface area (Å²) in [4.78, 5) is 23.6. The molecule has 2 aromatic carbocycles. The Morgan fingerprint density at radius 2 is 2.04 bits per heavy atom. The van der Waals surface area contributed by atoms with Gasteiger partial charge in [0.05, 0.1) is 30.5 Å². The Hall–Kier alpha value is -3.06. The first-order valence-corrected chi connectivity index (χ1v) is 7.60. The standard InChI is InChI=1S/C17H16ClN3O4/c1-25-12-6-7-15(22)11(8-12)9-20-21-16(23)10-19-17(24)13-4-2-3-5-14(13)18/h2-9,22H,10H2,1H3,(H,19,24)(H,21,23). The van der Waals surface area contributed by atoms with Crippen molar-refractivity contribution in [2.75, 3.05) is 13.7 Å². The summed E-state index contributed by atoms with van der Waals surface area (Å²) in [6, 6.07) is 11.1. The van der Waals surface area contributed by atoms with E-state index in [0.29, 0.717) is 16.3 Å². The van der Waals surface area contributed by atoms with Gasteiger partial charge >= 0.3 is 0 Å². The minimum absolute atomic E-state index is 0.00850. The molecule has 0 aromatic heterocycles. The first-order chi connectivity index (χ1) is 12.0. The van der Waals surface area contributed by atoms with E-state index in [0.717, 1.165) is 0 Å². The molecule has 0 aliphatic rings. The lowest BCUT2D eigenvalue weighted by Crippen LogP contribution is -2.35. The van der Waals surface area contributed by atoms with Gasteiger partial charge in [0.2, 0.25) is 0 Å². The molecule has 0 saturated carbocycles. The molecule has 2 amide bonds. The Morgan fingerprint density at radius 1 is 1.28 bits per heavy atom. The van der Waals surface area contributed by atoms with Gasteiger partial charge < -0.3 is 15.2 Å². The largest absolute Gasteiger partial charge is 0.507 e. The van der Waals surface area contributed by atoms with Gasteiger partial charge in [0.1, 0.15) is 11.5 Å². The molecular formula is C17H16ClN3O4. The lowest BCUT2D eigenvalue weighted by Gasteiger charge is -2.06. The van der Waals surface area contributed by atoms with Gasteiger partial charge in [-0.3, -0.25) is 9.59 Å². The molecule has 0 heterocycles. The van der Waals surface area contributed by atoms with Crippen molar-refractivity contribution in [3.63, 3.8) is 0 Å². The van der Waals surface area contributed by atoms with Crippen LogP contribution in [0.25, 0.3) is 0 Å². The number of carbonyl (C=O) groups is 2. The van der Waals surface area contributed by atoms with Crippen molar-refractivity contribution in [3.05, 3.63) is 58.6 Å². The molecule has 0 radical (unpaired) electrons. The molecule has 0 spiro atoms. The quantitative estimate of drug-likeness (QED) is 0.540. The van der Waals surface area contributed by atoms with E-state index in [1.165, 1.54) is 19.4 Å². The van der Waals surface area contributed by atoms with Crippen molar-refractivity contribution in [1.82, 2.24) is 10.7 Å². The second-order valence-corrected chi connectivity index (χ2v) is 5.29. The highest BCUT2D eigenvalue weighted by atomic mass is 35.5. The third kappa shape index (κ3) is 5.22. The zero-order chi connectivity index (χ0) is 18.2. The van der Waals surface area contributed by atoms with E-state index in [4.69, 9.17) is 16.3 Å². The second-order valence-electron chi connectivity index (χ2n) is 4.88. The number of amides is 2. The number of halogens is 1. The van der Waals surface area contributed by atoms with Gasteiger partial charge in [0.15, 0.2) is 0 Å². The van der Waals surface area contributed by atoms with Gasteiger partial charge in [-0.2, -0.15) is 5.10 Å². The van der Waals surface area contributed by atoms with Crippen LogP contribution in [0.1, 0.15) is 15.9 Å². The molecule has 130 valence electrons. The summed E-state index contributed by atoms with van der Waals surface area (Å²) in [5.74, 6) is -0.461. The SMILES string of the molecule is COc1ccc(O)c(C=NNC(=O)CNC(=O)c2ccccc2Cl)c1. The maximum absolute atomic E-state index is 11.9. The van der Waals surface area contributed by atoms with E-state index in [9.17, 15) is 14.7 Å². The van der Waals surface area contributed by atoms with E-state index in [-0.39, 0.29) is 17.9 Å². The Balaban J connectivity index is 1.87. The molecule has 0 aliphatic carbocycles. The van der Waals surface area contributed by atoms with E-state index in [2.05, 4.69) is 15.8 Å². The highest BCUT2D eigenvalue weighted by Crippen LogP contribution is 2.20. The summed E-state index contributed by atoms with van der Waals surface area (Å²) >= 11 is 5.91. The molecule has 0 bridgehead atoms. The third-order valence-corrected chi connectivity index (χ3v) is 3.49. The lowest BCUT2D eigenvalue weighted by molar-refractivity contribution is -0.120. The molecule has 0 saturated heterocycles. The van der Waals surface area contributed by atoms with Crippen LogP contribution < -0.4 is 15.5 Å². The average Bonchev–Trinajstić information content (AvgIpc) is 2.61. The Morgan fingerprint density at radius 3 is 2.76 bits per heavy atom. The number of hydrogen-bond donors (Lipinski definition) is 3. The smallest absolute Gasteiger partial charge is 0.259 e. The third-order valence-electron chi connectivity index (χ3n) is 3.16. The summed E-state index contributed by atoms with van der Waals surface area (Å²) in [7, 11) is 1.50. The van der Waals surface area contributed by atoms with E-state index in [1.54, 1.807) is 36.4 Å². The van der Waals surface area contributed by atoms with Crippen LogP contribution in [0.5, 0.6) is 11.5 Å². The molecule has 2 rings (SSSR count). The van der Waals surface area contributed by atoms with Crippen molar-refractivity contribution >= 4 is 29.6 Å². The highest BCUT2D eigenvalue weighted by Gasteiger charge is 2.10. The van der Waals surface area contributed by atoms with Gasteiger partial charge in [-0.15, -0.1) is 0 Å². The molecule has 0 atom stereocenters. The van der Waals surface area contributed by atoms with Crippen LogP contribution in [0.4, 0.5) is 0 Å². The van der Waals surface area contributed by atoms with Gasteiger partial charge in [0, 0.05) is 5.56 Å². The number of phenolic OH excluding ortho intramolecular Hbond substituents is 1. The summed E-state index contributed by atoms with van der Waals surface area (Å²) in [6.07, 6.45) is 1.27. The number of ether oxygens (including phenoxy) is 1. The number of rotatable bonds is 6. The average molecular weight is 362 g/mol. The van der Waals surface area contributed by atoms with Crippen molar-refractivity contribution < 1.29 is 19.4 Å². The second kappa shape index (κ2) is 8.70. The number of hydrogen-bond acceptors (Lipinski definition) is 5. The van der Waals surface area contributed by atoms with Gasteiger partial charge in [-0.1, -0.05) is 23.7 Å². The normalized spacial score (nSPS) is 10.5. The minimum Gasteiger partial charge on any atom is -0.507 e. The van der Waals surface area contributed by atoms with Crippen LogP contribution in [-0.4, -0.2) is 36.8 Å². The van der Waals surface area contributed by atoms with Gasteiger partial charge in [0.25, 0.3) is 11.8 Å². The summed E-state index contributed by atoms with van der Waals surface area (Å²) < 4.78 is 5.04. The maximum atomic E-state index is 11.9. The number of benzene rings is 2. The topological polar surface area (TPSA) is 100 Å². The summed E-state index contributed by atoms with van der Waals surface area (Å²) in [5, 5.41) is 16.2. The molecule has 3 N–H and O–H groups in total. The maximum Gasteiger partial charge on any atom is 0.259 e. The fourth-order valence-corrected chi connectivity index (χ4v) is 2.10. The van der Waals surface area contributed by atoms with Crippen LogP contribution >= 0.6 is 11.6 Å². The Bertz CT molecular complexity index is 808. The van der Waals surface area contributed by atoms with Crippen LogP contribution in [-0.2, 0) is 4.79 Å². The Labute approximate surface area is 149 Å². The Kier molecular flexibility index (Phi) is 6.36. The van der Waals surface area contributed by atoms with Crippen molar-refractivity contribution in [1.29, 1.82) is 0 Å². The van der Waals surface area contributed by atoms with Crippen molar-refractivity contribution in [2.45, 2.75) is 0 Å². The van der Waals surface area contributed by atoms with Crippen molar-refractivity contribution in [3.8, 4) is 11.5 Å². The van der Waals surface area contributed by atoms with Crippen LogP contribution in [0.15, 0.2) is 47.6 Å². The van der Waals surface area contributed by atoms with Crippen LogP contribution in [0.3, 0.4) is 0 Å². The predicted octanol–water partition coefficient (Wildman–Crippen LogP) is 1.93. The lowest BCUT2D eigenvalue weighted by atomic mass is 10.2. The number of nitrogens with zero attached hydrogens (tertiary/aromatic N) is 1. The zero-order valence-electron chi connectivity index (χ0n) is 13.3. The number of nitrogens with one attached hydrogen (secondary N) is 2. The minimum atomic E-state index is -0.529. The van der Waals surface area contributed by atoms with Crippen molar-refractivity contribution in [2.24, 2.45) is 5.10 Å². The fourth-order valence-electron chi connectivity index (χ4n) is 1.88. The van der Waals surface area contributed by atoms with E-state index >= 15 is 0 Å². The van der Waals surface area contributed by atoms with Crippen LogP contribution in [0, 0.1) is 0 Å². The molecule has 0 fully saturated rings. The molecule has 7 nitrogen and oxygen atoms in total. The summed E-state index contributed by atoms with van der Waals surface area (Å²) in [5.41, 5.74) is 2.90.